The van der Waals surface area contributed by atoms with Gasteiger partial charge in [-0.05, 0) is 34.5 Å². The highest BCUT2D eigenvalue weighted by Gasteiger charge is 2.15. The van der Waals surface area contributed by atoms with Crippen molar-refractivity contribution in [3.63, 3.8) is 0 Å². The Balaban J connectivity index is 2.76. The van der Waals surface area contributed by atoms with Crippen LogP contribution >= 0.6 is 47.8 Å². The molecule has 1 aromatic rings. The summed E-state index contributed by atoms with van der Waals surface area (Å²) in [7, 11) is 0. The van der Waals surface area contributed by atoms with E-state index < -0.39 is 6.61 Å². The molecule has 1 N–H and O–H groups in total. The number of carbonyl (C=O) groups excluding carboxylic acids is 1. The molecule has 1 aromatic carbocycles. The quantitative estimate of drug-likeness (QED) is 0.626. The third kappa shape index (κ3) is 5.74. The molecule has 0 fully saturated rings. The first-order chi connectivity index (χ1) is 8.93. The Hall–Kier alpha value is -0.210. The van der Waals surface area contributed by atoms with Crippen molar-refractivity contribution in [2.24, 2.45) is 0 Å². The van der Waals surface area contributed by atoms with E-state index in [0.717, 1.165) is 0 Å². The number of hydrogen-bond donors (Lipinski definition) is 1. The van der Waals surface area contributed by atoms with Gasteiger partial charge in [0.1, 0.15) is 5.75 Å². The van der Waals surface area contributed by atoms with Crippen LogP contribution in [-0.2, 0) is 4.79 Å². The number of alkyl halides is 4. The van der Waals surface area contributed by atoms with Crippen LogP contribution in [0.25, 0.3) is 0 Å². The zero-order valence-corrected chi connectivity index (χ0v) is 14.3. The number of hydrogen-bond acceptors (Lipinski definition) is 2. The molecule has 0 saturated carbocycles. The summed E-state index contributed by atoms with van der Waals surface area (Å²) in [6.45, 7) is -2.92. The minimum Gasteiger partial charge on any atom is -0.434 e. The second-order valence-corrected chi connectivity index (χ2v) is 6.21. The molecule has 0 heterocycles. The molecule has 1 amide bonds. The predicted octanol–water partition coefficient (Wildman–Crippen LogP) is 4.54. The van der Waals surface area contributed by atoms with Crippen molar-refractivity contribution in [3.8, 4) is 5.75 Å². The Kier molecular flexibility index (Phi) is 7.23. The van der Waals surface area contributed by atoms with Gasteiger partial charge in [-0.25, -0.2) is 0 Å². The van der Waals surface area contributed by atoms with E-state index in [2.05, 4.69) is 57.8 Å². The number of nitrogens with one attached hydrogen (secondary N) is 1. The number of benzene rings is 1. The molecule has 0 aromatic heterocycles. The Morgan fingerprint density at radius 2 is 2.11 bits per heavy atom. The number of rotatable bonds is 6. The average molecular weight is 466 g/mol. The van der Waals surface area contributed by atoms with E-state index in [9.17, 15) is 13.6 Å². The summed E-state index contributed by atoms with van der Waals surface area (Å²) in [4.78, 5) is 11.4. The zero-order chi connectivity index (χ0) is 14.4. The number of ether oxygens (including phenoxy) is 1. The summed E-state index contributed by atoms with van der Waals surface area (Å²) in [5.74, 6) is -0.274. The van der Waals surface area contributed by atoms with Gasteiger partial charge in [0, 0.05) is 17.1 Å². The molecule has 0 radical (unpaired) electrons. The summed E-state index contributed by atoms with van der Waals surface area (Å²) in [5, 5.41) is 3.29. The van der Waals surface area contributed by atoms with E-state index in [-0.39, 0.29) is 16.5 Å². The van der Waals surface area contributed by atoms with Gasteiger partial charge in [-0.2, -0.15) is 8.78 Å². The molecule has 0 bridgehead atoms. The summed E-state index contributed by atoms with van der Waals surface area (Å²) in [6.07, 6.45) is 0.614. The zero-order valence-electron chi connectivity index (χ0n) is 9.51. The van der Waals surface area contributed by atoms with Gasteiger partial charge >= 0.3 is 6.61 Å². The van der Waals surface area contributed by atoms with Gasteiger partial charge in [-0.1, -0.05) is 31.9 Å². The monoisotopic (exact) mass is 463 g/mol. The van der Waals surface area contributed by atoms with Gasteiger partial charge in [-0.15, -0.1) is 0 Å². The first-order valence-electron chi connectivity index (χ1n) is 5.19. The summed E-state index contributed by atoms with van der Waals surface area (Å²) >= 11 is 9.56. The van der Waals surface area contributed by atoms with Crippen molar-refractivity contribution in [2.75, 3.05) is 10.6 Å². The molecule has 8 heteroatoms. The van der Waals surface area contributed by atoms with Crippen molar-refractivity contribution in [1.82, 2.24) is 0 Å². The van der Waals surface area contributed by atoms with Crippen LogP contribution in [0.1, 0.15) is 6.42 Å². The molecular formula is C11H10Br3F2NO2. The maximum absolute atomic E-state index is 12.2. The minimum absolute atomic E-state index is 0.0283. The van der Waals surface area contributed by atoms with Crippen LogP contribution in [0.2, 0.25) is 0 Å². The predicted molar refractivity (Wildman–Crippen MR) is 80.5 cm³/mol. The van der Waals surface area contributed by atoms with Crippen molar-refractivity contribution < 1.29 is 18.3 Å². The van der Waals surface area contributed by atoms with E-state index >= 15 is 0 Å². The first kappa shape index (κ1) is 16.8. The number of anilines is 1. The second-order valence-electron chi connectivity index (χ2n) is 3.46. The molecule has 1 rings (SSSR count). The van der Waals surface area contributed by atoms with Crippen LogP contribution in [0.5, 0.6) is 5.75 Å². The van der Waals surface area contributed by atoms with Gasteiger partial charge in [0.25, 0.3) is 0 Å². The molecule has 0 aliphatic rings. The smallest absolute Gasteiger partial charge is 0.387 e. The Labute approximate surface area is 134 Å². The Morgan fingerprint density at radius 3 is 2.68 bits per heavy atom. The van der Waals surface area contributed by atoms with E-state index in [4.69, 9.17) is 0 Å². The van der Waals surface area contributed by atoms with E-state index in [1.807, 2.05) is 0 Å². The summed E-state index contributed by atoms with van der Waals surface area (Å²) < 4.78 is 29.1. The van der Waals surface area contributed by atoms with Crippen LogP contribution in [0.4, 0.5) is 14.5 Å². The fraction of sp³-hybridized carbons (Fsp3) is 0.364. The first-order valence-corrected chi connectivity index (χ1v) is 8.02. The normalized spacial score (nSPS) is 12.3. The average Bonchev–Trinajstić information content (AvgIpc) is 2.33. The molecule has 0 spiro atoms. The highest BCUT2D eigenvalue weighted by molar-refractivity contribution is 9.10. The van der Waals surface area contributed by atoms with Gasteiger partial charge in [-0.3, -0.25) is 4.79 Å². The minimum atomic E-state index is -2.92. The largest absolute Gasteiger partial charge is 0.434 e. The van der Waals surface area contributed by atoms with Crippen LogP contribution in [0.3, 0.4) is 0 Å². The maximum Gasteiger partial charge on any atom is 0.387 e. The molecular weight excluding hydrogens is 456 g/mol. The van der Waals surface area contributed by atoms with Crippen LogP contribution in [0.15, 0.2) is 22.7 Å². The lowest BCUT2D eigenvalue weighted by Gasteiger charge is -2.12. The standard InChI is InChI=1S/C11H10Br3F2NO2/c12-4-3-8(14)10(18)17-6-1-2-7(13)9(5-6)19-11(15)16/h1-2,5,8,11H,3-4H2,(H,17,18). The van der Waals surface area contributed by atoms with E-state index in [1.54, 1.807) is 6.07 Å². The molecule has 0 aliphatic carbocycles. The summed E-state index contributed by atoms with van der Waals surface area (Å²) in [6, 6.07) is 4.46. The molecule has 19 heavy (non-hydrogen) atoms. The fourth-order valence-corrected chi connectivity index (χ4v) is 2.97. The van der Waals surface area contributed by atoms with Crippen molar-refractivity contribution in [3.05, 3.63) is 22.7 Å². The second kappa shape index (κ2) is 8.16. The lowest BCUT2D eigenvalue weighted by Crippen LogP contribution is -2.23. The SMILES string of the molecule is O=C(Nc1ccc(Br)c(OC(F)F)c1)C(Br)CCBr. The fourth-order valence-electron chi connectivity index (χ4n) is 1.21. The Bertz CT molecular complexity index is 446. The molecule has 0 aliphatic heterocycles. The lowest BCUT2D eigenvalue weighted by atomic mass is 10.2. The van der Waals surface area contributed by atoms with Gasteiger partial charge in [0.2, 0.25) is 5.91 Å². The summed E-state index contributed by atoms with van der Waals surface area (Å²) in [5.41, 5.74) is 0.392. The van der Waals surface area contributed by atoms with Gasteiger partial charge in [0.15, 0.2) is 0 Å². The van der Waals surface area contributed by atoms with Gasteiger partial charge < -0.3 is 10.1 Å². The lowest BCUT2D eigenvalue weighted by molar-refractivity contribution is -0.115. The number of carbonyl (C=O) groups is 1. The highest BCUT2D eigenvalue weighted by Crippen LogP contribution is 2.29. The van der Waals surface area contributed by atoms with Crippen molar-refractivity contribution >= 4 is 59.4 Å². The Morgan fingerprint density at radius 1 is 1.42 bits per heavy atom. The van der Waals surface area contributed by atoms with Crippen LogP contribution in [-0.4, -0.2) is 22.7 Å². The third-order valence-electron chi connectivity index (χ3n) is 2.06. The molecule has 0 saturated heterocycles. The maximum atomic E-state index is 12.2. The number of halogens is 5. The number of amides is 1. The van der Waals surface area contributed by atoms with Crippen molar-refractivity contribution in [2.45, 2.75) is 17.9 Å². The van der Waals surface area contributed by atoms with Crippen LogP contribution < -0.4 is 10.1 Å². The molecule has 1 atom stereocenters. The third-order valence-corrected chi connectivity index (χ3v) is 4.05. The topological polar surface area (TPSA) is 38.3 Å². The molecule has 3 nitrogen and oxygen atoms in total. The highest BCUT2D eigenvalue weighted by atomic mass is 79.9. The van der Waals surface area contributed by atoms with E-state index in [0.29, 0.717) is 21.9 Å². The van der Waals surface area contributed by atoms with Crippen LogP contribution in [0, 0.1) is 0 Å². The molecule has 106 valence electrons. The van der Waals surface area contributed by atoms with Gasteiger partial charge in [0.05, 0.1) is 9.30 Å². The van der Waals surface area contributed by atoms with E-state index in [1.165, 1.54) is 12.1 Å². The van der Waals surface area contributed by atoms with Crippen molar-refractivity contribution in [1.29, 1.82) is 0 Å². The molecule has 1 unspecified atom stereocenters.